The summed E-state index contributed by atoms with van der Waals surface area (Å²) in [5, 5.41) is 10.7. The molecule has 0 amide bonds. The number of fused-ring (bicyclic) bond motifs is 3. The highest BCUT2D eigenvalue weighted by Crippen LogP contribution is 2.53. The zero-order chi connectivity index (χ0) is 22.7. The molecule has 1 aromatic rings. The van der Waals surface area contributed by atoms with Gasteiger partial charge in [-0.05, 0) is 57.5 Å². The van der Waals surface area contributed by atoms with Gasteiger partial charge in [0, 0.05) is 29.7 Å². The lowest BCUT2D eigenvalue weighted by Crippen LogP contribution is -2.45. The van der Waals surface area contributed by atoms with Crippen LogP contribution in [-0.2, 0) is 6.42 Å². The van der Waals surface area contributed by atoms with Crippen LogP contribution in [0, 0.1) is 5.92 Å². The van der Waals surface area contributed by atoms with Gasteiger partial charge in [-0.2, -0.15) is 0 Å². The Labute approximate surface area is 140 Å². The van der Waals surface area contributed by atoms with Gasteiger partial charge < -0.3 is 9.84 Å². The average Bonchev–Trinajstić information content (AvgIpc) is 2.57. The Hall–Kier alpha value is -1.44. The molecule has 114 valence electrons. The summed E-state index contributed by atoms with van der Waals surface area (Å²) in [5.74, 6) is -2.08. The lowest BCUT2D eigenvalue weighted by Gasteiger charge is -2.46. The van der Waals surface area contributed by atoms with Crippen LogP contribution in [0.4, 0.5) is 0 Å². The van der Waals surface area contributed by atoms with Crippen LogP contribution < -0.4 is 4.74 Å². The molecular weight excluding hydrogens is 260 g/mol. The Morgan fingerprint density at radius 3 is 3.00 bits per heavy atom. The second-order valence-electron chi connectivity index (χ2n) is 5.98. The number of allylic oxidation sites excluding steroid dienone is 2. The van der Waals surface area contributed by atoms with E-state index in [1.54, 1.807) is 12.1 Å². The smallest absolute Gasteiger partial charge is 0.127 e. The van der Waals surface area contributed by atoms with E-state index in [1.165, 1.54) is 6.08 Å². The zero-order valence-electron chi connectivity index (χ0n) is 21.1. The van der Waals surface area contributed by atoms with E-state index in [4.69, 9.17) is 17.1 Å². The number of phenolic OH excluding ortho intramolecular Hbond substituents is 1. The van der Waals surface area contributed by atoms with E-state index in [0.717, 1.165) is 6.42 Å². The molecule has 1 aliphatic carbocycles. The minimum Gasteiger partial charge on any atom is -0.507 e. The lowest BCUT2D eigenvalue weighted by atomic mass is 9.68. The van der Waals surface area contributed by atoms with Gasteiger partial charge in [-0.3, -0.25) is 0 Å². The summed E-state index contributed by atoms with van der Waals surface area (Å²) in [6.07, 6.45) is 2.83. The highest BCUT2D eigenvalue weighted by atomic mass is 16.5. The van der Waals surface area contributed by atoms with Crippen LogP contribution in [0.15, 0.2) is 23.8 Å². The molecule has 0 bridgehead atoms. The van der Waals surface area contributed by atoms with Crippen molar-refractivity contribution in [3.63, 3.8) is 0 Å². The molecule has 0 saturated heterocycles. The third-order valence-corrected chi connectivity index (χ3v) is 4.38. The average molecular weight is 295 g/mol. The number of aromatic hydroxyl groups is 1. The predicted molar refractivity (Wildman–Crippen MR) is 86.0 cm³/mol. The van der Waals surface area contributed by atoms with E-state index in [-0.39, 0.29) is 35.5 Å². The van der Waals surface area contributed by atoms with Crippen molar-refractivity contribution in [1.82, 2.24) is 0 Å². The predicted octanol–water partition coefficient (Wildman–Crippen LogP) is 4.96. The molecule has 21 heavy (non-hydrogen) atoms. The molecule has 3 rings (SSSR count). The summed E-state index contributed by atoms with van der Waals surface area (Å²) >= 11 is 0. The van der Waals surface area contributed by atoms with Crippen LogP contribution in [-0.4, -0.2) is 10.7 Å². The van der Waals surface area contributed by atoms with E-state index in [1.807, 2.05) is 6.92 Å². The molecule has 2 unspecified atom stereocenters. The van der Waals surface area contributed by atoms with Gasteiger partial charge in [-0.1, -0.05) is 25.0 Å². The first-order valence-corrected chi connectivity index (χ1v) is 7.39. The summed E-state index contributed by atoms with van der Waals surface area (Å²) < 4.78 is 77.8. The molecule has 0 saturated carbocycles. The van der Waals surface area contributed by atoms with Crippen molar-refractivity contribution in [2.75, 3.05) is 0 Å². The van der Waals surface area contributed by atoms with E-state index in [0.29, 0.717) is 12.0 Å². The van der Waals surface area contributed by atoms with Crippen LogP contribution in [0.3, 0.4) is 0 Å². The summed E-state index contributed by atoms with van der Waals surface area (Å²) in [7, 11) is 0. The van der Waals surface area contributed by atoms with Crippen molar-refractivity contribution in [3.05, 3.63) is 34.9 Å². The molecule has 0 fully saturated rings. The maximum atomic E-state index is 10.7. The number of aryl methyl sites for hydroxylation is 1. The van der Waals surface area contributed by atoms with Gasteiger partial charge in [-0.25, -0.2) is 0 Å². The minimum atomic E-state index is -3.00. The molecule has 1 heterocycles. The summed E-state index contributed by atoms with van der Waals surface area (Å²) in [6.45, 7) is -6.44. The van der Waals surface area contributed by atoms with Crippen molar-refractivity contribution in [3.8, 4) is 11.5 Å². The second kappa shape index (κ2) is 5.08. The van der Waals surface area contributed by atoms with Crippen molar-refractivity contribution in [2.24, 2.45) is 5.92 Å². The SMILES string of the molecule is [2H]C([2H])([2H])C1=CC2c3c(O)cc(CCC)cc3OC(C([2H])([2H])[2H])(C([2H])([2H])[2H])C2CC1. The van der Waals surface area contributed by atoms with E-state index >= 15 is 0 Å². The fourth-order valence-electron chi connectivity index (χ4n) is 3.42. The van der Waals surface area contributed by atoms with E-state index < -0.39 is 38.0 Å². The quantitative estimate of drug-likeness (QED) is 0.782. The van der Waals surface area contributed by atoms with Crippen molar-refractivity contribution in [2.45, 2.75) is 64.7 Å². The Morgan fingerprint density at radius 2 is 2.29 bits per heavy atom. The first-order valence-electron chi connectivity index (χ1n) is 11.9. The van der Waals surface area contributed by atoms with Crippen molar-refractivity contribution in [1.29, 1.82) is 0 Å². The molecule has 1 N–H and O–H groups in total. The van der Waals surface area contributed by atoms with Crippen LogP contribution in [0.2, 0.25) is 0 Å². The fourth-order valence-corrected chi connectivity index (χ4v) is 3.42. The highest BCUT2D eigenvalue weighted by molar-refractivity contribution is 5.53. The first-order chi connectivity index (χ1) is 13.6. The van der Waals surface area contributed by atoms with Crippen molar-refractivity contribution < 1.29 is 22.2 Å². The molecule has 0 spiro atoms. The number of ether oxygens (including phenoxy) is 1. The number of benzene rings is 1. The molecule has 1 aliphatic heterocycles. The van der Waals surface area contributed by atoms with Gasteiger partial charge in [0.2, 0.25) is 0 Å². The van der Waals surface area contributed by atoms with Crippen LogP contribution in [0.5, 0.6) is 11.5 Å². The topological polar surface area (TPSA) is 29.5 Å². The number of phenols is 1. The molecule has 0 radical (unpaired) electrons. The van der Waals surface area contributed by atoms with E-state index in [2.05, 4.69) is 0 Å². The third-order valence-electron chi connectivity index (χ3n) is 4.38. The minimum absolute atomic E-state index is 0.00464. The van der Waals surface area contributed by atoms with Gasteiger partial charge in [0.1, 0.15) is 17.1 Å². The number of hydrogen-bond acceptors (Lipinski definition) is 2. The second-order valence-corrected chi connectivity index (χ2v) is 5.98. The van der Waals surface area contributed by atoms with Crippen molar-refractivity contribution >= 4 is 0 Å². The maximum Gasteiger partial charge on any atom is 0.127 e. The lowest BCUT2D eigenvalue weighted by molar-refractivity contribution is 0.0107. The summed E-state index contributed by atoms with van der Waals surface area (Å²) in [5.41, 5.74) is -1.43. The number of hydrogen-bond donors (Lipinski definition) is 1. The van der Waals surface area contributed by atoms with Crippen LogP contribution in [0.1, 0.15) is 76.1 Å². The largest absolute Gasteiger partial charge is 0.507 e. The van der Waals surface area contributed by atoms with E-state index in [9.17, 15) is 5.11 Å². The fraction of sp³-hybridized carbons (Fsp3) is 0.579. The monoisotopic (exact) mass is 295 g/mol. The molecule has 1 aromatic carbocycles. The Morgan fingerprint density at radius 1 is 1.43 bits per heavy atom. The summed E-state index contributed by atoms with van der Waals surface area (Å²) in [6, 6.07) is 3.12. The molecule has 2 atom stereocenters. The Balaban J connectivity index is 2.33. The van der Waals surface area contributed by atoms with Crippen LogP contribution >= 0.6 is 0 Å². The van der Waals surface area contributed by atoms with Gasteiger partial charge >= 0.3 is 0 Å². The van der Waals surface area contributed by atoms with Gasteiger partial charge in [0.25, 0.3) is 0 Å². The maximum absolute atomic E-state index is 10.7. The Bertz CT molecular complexity index is 835. The molecular formula is C19H26O2. The molecule has 2 nitrogen and oxygen atoms in total. The van der Waals surface area contributed by atoms with Gasteiger partial charge in [0.05, 0.1) is 0 Å². The normalized spacial score (nSPS) is 34.5. The molecule has 0 aromatic heterocycles. The van der Waals surface area contributed by atoms with Crippen LogP contribution in [0.25, 0.3) is 0 Å². The molecule has 2 aliphatic rings. The van der Waals surface area contributed by atoms with Gasteiger partial charge in [-0.15, -0.1) is 0 Å². The zero-order valence-corrected chi connectivity index (χ0v) is 12.1. The Kier molecular flexibility index (Phi) is 1.75. The van der Waals surface area contributed by atoms with Gasteiger partial charge in [0.15, 0.2) is 0 Å². The first kappa shape index (κ1) is 7.21. The summed E-state index contributed by atoms with van der Waals surface area (Å²) in [4.78, 5) is 0. The standard InChI is InChI=1S/C19H26O2/c1-5-6-13-10-16(20)18-14-9-12(2)7-8-15(14)19(3,4)21-17(18)11-13/h9-11,14-15,20H,5-8H2,1-4H3/i2D3,3D3,4D3. The highest BCUT2D eigenvalue weighted by Gasteiger charge is 2.45. The number of rotatable bonds is 2. The molecule has 2 heteroatoms. The third kappa shape index (κ3) is 2.45.